The van der Waals surface area contributed by atoms with Crippen LogP contribution in [0.5, 0.6) is 0 Å². The van der Waals surface area contributed by atoms with Crippen LogP contribution in [-0.2, 0) is 14.9 Å². The highest BCUT2D eigenvalue weighted by atomic mass is 32.1. The van der Waals surface area contributed by atoms with Crippen molar-refractivity contribution in [1.29, 1.82) is 0 Å². The molecule has 0 spiro atoms. The fourth-order valence-electron chi connectivity index (χ4n) is 1.47. The largest absolute Gasteiger partial charge is 0.465 e. The van der Waals surface area contributed by atoms with Crippen molar-refractivity contribution in [2.45, 2.75) is 26.2 Å². The second kappa shape index (κ2) is 4.89. The lowest BCUT2D eigenvalue weighted by Crippen LogP contribution is -2.32. The van der Waals surface area contributed by atoms with Crippen molar-refractivity contribution in [2.75, 3.05) is 6.61 Å². The minimum atomic E-state index is -0.821. The standard InChI is InChI=1S/C12H15N3O2S/c1-4-17-11(16)12(2,3)10-13-9(14-15-10)8-6-5-7-18-8/h5-7H,4H2,1-3H3,(H,13,14,15). The third kappa shape index (κ3) is 2.28. The van der Waals surface area contributed by atoms with Gasteiger partial charge in [0.15, 0.2) is 5.82 Å². The summed E-state index contributed by atoms with van der Waals surface area (Å²) in [6, 6.07) is 3.88. The van der Waals surface area contributed by atoms with E-state index in [2.05, 4.69) is 15.2 Å². The van der Waals surface area contributed by atoms with E-state index in [9.17, 15) is 4.79 Å². The fraction of sp³-hybridized carbons (Fsp3) is 0.417. The molecule has 1 N–H and O–H groups in total. The van der Waals surface area contributed by atoms with Gasteiger partial charge in [0.1, 0.15) is 11.2 Å². The van der Waals surface area contributed by atoms with Gasteiger partial charge < -0.3 is 4.74 Å². The third-order valence-corrected chi connectivity index (χ3v) is 3.47. The molecule has 18 heavy (non-hydrogen) atoms. The maximum Gasteiger partial charge on any atom is 0.319 e. The Balaban J connectivity index is 2.27. The molecule has 0 aliphatic heterocycles. The van der Waals surface area contributed by atoms with Crippen LogP contribution < -0.4 is 0 Å². The number of ether oxygens (including phenoxy) is 1. The predicted molar refractivity (Wildman–Crippen MR) is 69.4 cm³/mol. The van der Waals surface area contributed by atoms with Gasteiger partial charge in [-0.05, 0) is 32.2 Å². The Bertz CT molecular complexity index is 531. The zero-order chi connectivity index (χ0) is 13.2. The van der Waals surface area contributed by atoms with Crippen molar-refractivity contribution in [3.8, 4) is 10.7 Å². The Kier molecular flexibility index (Phi) is 3.47. The lowest BCUT2D eigenvalue weighted by molar-refractivity contribution is -0.149. The molecule has 0 saturated carbocycles. The summed E-state index contributed by atoms with van der Waals surface area (Å²) >= 11 is 1.56. The smallest absolute Gasteiger partial charge is 0.319 e. The average molecular weight is 265 g/mol. The van der Waals surface area contributed by atoms with Crippen LogP contribution in [0.4, 0.5) is 0 Å². The van der Waals surface area contributed by atoms with E-state index in [1.807, 2.05) is 17.5 Å². The van der Waals surface area contributed by atoms with E-state index in [1.165, 1.54) is 0 Å². The number of carbonyl (C=O) groups is 1. The summed E-state index contributed by atoms with van der Waals surface area (Å²) in [7, 11) is 0. The molecule has 0 aliphatic rings. The van der Waals surface area contributed by atoms with Gasteiger partial charge in [0.05, 0.1) is 11.5 Å². The molecule has 5 nitrogen and oxygen atoms in total. The molecule has 0 atom stereocenters. The van der Waals surface area contributed by atoms with Gasteiger partial charge in [0.25, 0.3) is 0 Å². The zero-order valence-electron chi connectivity index (χ0n) is 10.6. The van der Waals surface area contributed by atoms with Crippen molar-refractivity contribution in [1.82, 2.24) is 15.2 Å². The Morgan fingerprint density at radius 3 is 2.94 bits per heavy atom. The summed E-state index contributed by atoms with van der Waals surface area (Å²) in [6.45, 7) is 5.67. The first-order chi connectivity index (χ1) is 8.55. The number of carbonyl (C=O) groups excluding carboxylic acids is 1. The molecule has 2 aromatic heterocycles. The van der Waals surface area contributed by atoms with Gasteiger partial charge in [-0.2, -0.15) is 5.10 Å². The molecule has 0 bridgehead atoms. The van der Waals surface area contributed by atoms with Crippen LogP contribution in [-0.4, -0.2) is 27.8 Å². The molecule has 0 aromatic carbocycles. The van der Waals surface area contributed by atoms with Gasteiger partial charge >= 0.3 is 5.97 Å². The summed E-state index contributed by atoms with van der Waals surface area (Å²) in [5, 5.41) is 8.91. The number of aromatic amines is 1. The molecule has 0 radical (unpaired) electrons. The van der Waals surface area contributed by atoms with Gasteiger partial charge in [-0.25, -0.2) is 4.98 Å². The molecular formula is C12H15N3O2S. The summed E-state index contributed by atoms with van der Waals surface area (Å²) in [4.78, 5) is 17.2. The van der Waals surface area contributed by atoms with Gasteiger partial charge in [-0.3, -0.25) is 9.89 Å². The van der Waals surface area contributed by atoms with E-state index in [1.54, 1.807) is 32.1 Å². The highest BCUT2D eigenvalue weighted by molar-refractivity contribution is 7.13. The quantitative estimate of drug-likeness (QED) is 0.862. The van der Waals surface area contributed by atoms with E-state index in [-0.39, 0.29) is 5.97 Å². The molecule has 96 valence electrons. The van der Waals surface area contributed by atoms with Crippen LogP contribution in [0.25, 0.3) is 10.7 Å². The summed E-state index contributed by atoms with van der Waals surface area (Å²) in [6.07, 6.45) is 0. The first kappa shape index (κ1) is 12.8. The second-order valence-electron chi connectivity index (χ2n) is 4.33. The summed E-state index contributed by atoms with van der Waals surface area (Å²) in [5.74, 6) is 0.820. The van der Waals surface area contributed by atoms with Crippen molar-refractivity contribution in [3.05, 3.63) is 23.3 Å². The SMILES string of the molecule is CCOC(=O)C(C)(C)c1nc(-c2cccs2)n[nH]1. The summed E-state index contributed by atoms with van der Waals surface area (Å²) in [5.41, 5.74) is -0.821. The molecule has 0 amide bonds. The number of nitrogens with one attached hydrogen (secondary N) is 1. The predicted octanol–water partition coefficient (Wildman–Crippen LogP) is 2.37. The van der Waals surface area contributed by atoms with Gasteiger partial charge in [0.2, 0.25) is 0 Å². The molecule has 0 saturated heterocycles. The maximum atomic E-state index is 11.9. The number of thiophene rings is 1. The van der Waals surface area contributed by atoms with Crippen LogP contribution in [0.1, 0.15) is 26.6 Å². The molecule has 6 heteroatoms. The van der Waals surface area contributed by atoms with Crippen LogP contribution >= 0.6 is 11.3 Å². The van der Waals surface area contributed by atoms with Crippen molar-refractivity contribution < 1.29 is 9.53 Å². The van der Waals surface area contributed by atoms with Gasteiger partial charge in [0, 0.05) is 0 Å². The molecule has 0 aliphatic carbocycles. The van der Waals surface area contributed by atoms with Gasteiger partial charge in [-0.15, -0.1) is 11.3 Å². The third-order valence-electron chi connectivity index (χ3n) is 2.60. The number of aromatic nitrogens is 3. The number of nitrogens with zero attached hydrogens (tertiary/aromatic N) is 2. The Morgan fingerprint density at radius 2 is 2.33 bits per heavy atom. The molecule has 0 unspecified atom stereocenters. The number of H-pyrrole nitrogens is 1. The topological polar surface area (TPSA) is 67.9 Å². The first-order valence-electron chi connectivity index (χ1n) is 5.69. The van der Waals surface area contributed by atoms with Gasteiger partial charge in [-0.1, -0.05) is 6.07 Å². The Hall–Kier alpha value is -1.69. The monoisotopic (exact) mass is 265 g/mol. The molecular weight excluding hydrogens is 250 g/mol. The van der Waals surface area contributed by atoms with Crippen molar-refractivity contribution in [3.63, 3.8) is 0 Å². The van der Waals surface area contributed by atoms with Crippen LogP contribution in [0, 0.1) is 0 Å². The number of rotatable bonds is 4. The van der Waals surface area contributed by atoms with Crippen LogP contribution in [0.3, 0.4) is 0 Å². The number of esters is 1. The van der Waals surface area contributed by atoms with Crippen LogP contribution in [0.15, 0.2) is 17.5 Å². The molecule has 2 rings (SSSR count). The Morgan fingerprint density at radius 1 is 1.56 bits per heavy atom. The Labute approximate surface area is 109 Å². The van der Waals surface area contributed by atoms with E-state index >= 15 is 0 Å². The highest BCUT2D eigenvalue weighted by Crippen LogP contribution is 2.25. The van der Waals surface area contributed by atoms with Crippen molar-refractivity contribution in [2.24, 2.45) is 0 Å². The summed E-state index contributed by atoms with van der Waals surface area (Å²) < 4.78 is 5.04. The molecule has 0 fully saturated rings. The minimum absolute atomic E-state index is 0.307. The first-order valence-corrected chi connectivity index (χ1v) is 6.57. The van der Waals surface area contributed by atoms with Crippen LogP contribution in [0.2, 0.25) is 0 Å². The van der Waals surface area contributed by atoms with Crippen molar-refractivity contribution >= 4 is 17.3 Å². The maximum absolute atomic E-state index is 11.9. The molecule has 2 aromatic rings. The number of hydrogen-bond acceptors (Lipinski definition) is 5. The number of hydrogen-bond donors (Lipinski definition) is 1. The molecule has 2 heterocycles. The lowest BCUT2D eigenvalue weighted by Gasteiger charge is -2.18. The van der Waals surface area contributed by atoms with E-state index in [0.29, 0.717) is 18.3 Å². The second-order valence-corrected chi connectivity index (χ2v) is 5.28. The fourth-order valence-corrected chi connectivity index (χ4v) is 2.12. The lowest BCUT2D eigenvalue weighted by atomic mass is 9.93. The highest BCUT2D eigenvalue weighted by Gasteiger charge is 2.35. The van der Waals surface area contributed by atoms with E-state index < -0.39 is 5.41 Å². The minimum Gasteiger partial charge on any atom is -0.465 e. The zero-order valence-corrected chi connectivity index (χ0v) is 11.4. The van der Waals surface area contributed by atoms with E-state index in [4.69, 9.17) is 4.74 Å². The normalized spacial score (nSPS) is 11.5. The average Bonchev–Trinajstić information content (AvgIpc) is 3.00. The van der Waals surface area contributed by atoms with E-state index in [0.717, 1.165) is 4.88 Å².